The molecular formula is C26H22N2O4S. The third-order valence-electron chi connectivity index (χ3n) is 5.23. The number of rotatable bonds is 6. The predicted octanol–water partition coefficient (Wildman–Crippen LogP) is 5.08. The Morgan fingerprint density at radius 1 is 0.879 bits per heavy atom. The van der Waals surface area contributed by atoms with E-state index < -0.39 is 17.8 Å². The number of esters is 1. The summed E-state index contributed by atoms with van der Waals surface area (Å²) >= 11 is 1.25. The number of methoxy groups -OCH3 is 1. The summed E-state index contributed by atoms with van der Waals surface area (Å²) in [6, 6.07) is 21.5. The van der Waals surface area contributed by atoms with Gasteiger partial charge in [0.2, 0.25) is 0 Å². The second-order valence-corrected chi connectivity index (χ2v) is 8.63. The van der Waals surface area contributed by atoms with Crippen molar-refractivity contribution in [2.24, 2.45) is 0 Å². The topological polar surface area (TPSA) is 75.7 Å². The normalized spacial score (nSPS) is 13.5. The van der Waals surface area contributed by atoms with Gasteiger partial charge in [-0.25, -0.2) is 9.69 Å². The molecule has 1 aliphatic heterocycles. The minimum atomic E-state index is -0.490. The van der Waals surface area contributed by atoms with Crippen molar-refractivity contribution < 1.29 is 19.1 Å². The molecule has 0 saturated carbocycles. The van der Waals surface area contributed by atoms with Gasteiger partial charge in [0.05, 0.1) is 18.4 Å². The highest BCUT2D eigenvalue weighted by molar-refractivity contribution is 8.04. The van der Waals surface area contributed by atoms with Crippen LogP contribution in [0.25, 0.3) is 0 Å². The maximum atomic E-state index is 13.4. The van der Waals surface area contributed by atoms with Crippen molar-refractivity contribution in [1.82, 2.24) is 0 Å². The average molecular weight is 459 g/mol. The van der Waals surface area contributed by atoms with E-state index in [9.17, 15) is 14.4 Å². The molecule has 4 rings (SSSR count). The zero-order valence-corrected chi connectivity index (χ0v) is 19.2. The molecule has 0 fully saturated rings. The summed E-state index contributed by atoms with van der Waals surface area (Å²) in [4.78, 5) is 40.9. The van der Waals surface area contributed by atoms with E-state index in [-0.39, 0.29) is 5.70 Å². The number of nitrogens with zero attached hydrogens (tertiary/aromatic N) is 1. The molecule has 0 radical (unpaired) electrons. The Balaban J connectivity index is 1.72. The van der Waals surface area contributed by atoms with Crippen molar-refractivity contribution in [1.29, 1.82) is 0 Å². The Kier molecular flexibility index (Phi) is 6.33. The third kappa shape index (κ3) is 4.54. The molecule has 3 aromatic rings. The van der Waals surface area contributed by atoms with E-state index in [0.29, 0.717) is 16.2 Å². The number of imide groups is 1. The molecule has 2 amide bonds. The lowest BCUT2D eigenvalue weighted by Gasteiger charge is -2.16. The summed E-state index contributed by atoms with van der Waals surface area (Å²) in [7, 11) is 1.30. The first-order valence-electron chi connectivity index (χ1n) is 10.3. The largest absolute Gasteiger partial charge is 0.465 e. The van der Waals surface area contributed by atoms with Crippen molar-refractivity contribution >= 4 is 40.9 Å². The molecule has 33 heavy (non-hydrogen) atoms. The molecule has 0 aliphatic carbocycles. The number of aryl methyl sites for hydroxylation is 2. The molecule has 0 unspecified atom stereocenters. The molecule has 6 nitrogen and oxygen atoms in total. The fourth-order valence-corrected chi connectivity index (χ4v) is 4.31. The number of amides is 2. The number of benzene rings is 3. The van der Waals surface area contributed by atoms with Crippen LogP contribution < -0.4 is 10.2 Å². The van der Waals surface area contributed by atoms with Gasteiger partial charge in [0.1, 0.15) is 10.6 Å². The molecule has 1 heterocycles. The Morgan fingerprint density at radius 3 is 2.18 bits per heavy atom. The number of anilines is 2. The van der Waals surface area contributed by atoms with Gasteiger partial charge in [-0.05, 0) is 61.9 Å². The Labute approximate surface area is 196 Å². The van der Waals surface area contributed by atoms with Gasteiger partial charge in [0.25, 0.3) is 11.8 Å². The Morgan fingerprint density at radius 2 is 1.55 bits per heavy atom. The Hall–Kier alpha value is -3.84. The van der Waals surface area contributed by atoms with Crippen molar-refractivity contribution in [3.05, 3.63) is 100 Å². The average Bonchev–Trinajstić information content (AvgIpc) is 3.05. The fourth-order valence-electron chi connectivity index (χ4n) is 3.39. The maximum Gasteiger partial charge on any atom is 0.337 e. The number of thioether (sulfide) groups is 1. The summed E-state index contributed by atoms with van der Waals surface area (Å²) in [5.74, 6) is -1.37. The lowest BCUT2D eigenvalue weighted by atomic mass is 10.2. The van der Waals surface area contributed by atoms with E-state index in [1.807, 2.05) is 62.4 Å². The van der Waals surface area contributed by atoms with E-state index in [1.165, 1.54) is 31.0 Å². The van der Waals surface area contributed by atoms with Crippen LogP contribution in [0.4, 0.5) is 11.4 Å². The highest BCUT2D eigenvalue weighted by Crippen LogP contribution is 2.38. The van der Waals surface area contributed by atoms with Crippen molar-refractivity contribution in [3.63, 3.8) is 0 Å². The first-order valence-corrected chi connectivity index (χ1v) is 11.1. The first kappa shape index (κ1) is 22.4. The van der Waals surface area contributed by atoms with Crippen LogP contribution in [0.1, 0.15) is 21.5 Å². The predicted molar refractivity (Wildman–Crippen MR) is 129 cm³/mol. The van der Waals surface area contributed by atoms with Gasteiger partial charge in [0, 0.05) is 10.6 Å². The lowest BCUT2D eigenvalue weighted by Crippen LogP contribution is -2.32. The van der Waals surface area contributed by atoms with Crippen LogP contribution in [-0.4, -0.2) is 24.9 Å². The highest BCUT2D eigenvalue weighted by atomic mass is 32.2. The minimum absolute atomic E-state index is 0.219. The van der Waals surface area contributed by atoms with Gasteiger partial charge in [-0.15, -0.1) is 0 Å². The summed E-state index contributed by atoms with van der Waals surface area (Å²) in [6.07, 6.45) is 0. The molecule has 0 bridgehead atoms. The third-order valence-corrected chi connectivity index (χ3v) is 6.32. The van der Waals surface area contributed by atoms with Gasteiger partial charge in [-0.1, -0.05) is 47.7 Å². The molecule has 1 N–H and O–H groups in total. The second kappa shape index (κ2) is 9.34. The van der Waals surface area contributed by atoms with Crippen molar-refractivity contribution in [3.8, 4) is 0 Å². The van der Waals surface area contributed by atoms with Crippen molar-refractivity contribution in [2.75, 3.05) is 17.3 Å². The van der Waals surface area contributed by atoms with E-state index in [4.69, 9.17) is 4.74 Å². The monoisotopic (exact) mass is 458 g/mol. The van der Waals surface area contributed by atoms with Crippen LogP contribution in [0.3, 0.4) is 0 Å². The van der Waals surface area contributed by atoms with Gasteiger partial charge in [0.15, 0.2) is 0 Å². The van der Waals surface area contributed by atoms with Crippen LogP contribution in [0.15, 0.2) is 88.3 Å². The molecule has 0 aromatic heterocycles. The zero-order valence-electron chi connectivity index (χ0n) is 18.4. The van der Waals surface area contributed by atoms with E-state index in [1.54, 1.807) is 12.1 Å². The van der Waals surface area contributed by atoms with Gasteiger partial charge < -0.3 is 10.1 Å². The minimum Gasteiger partial charge on any atom is -0.465 e. The fraction of sp³-hybridized carbons (Fsp3) is 0.115. The van der Waals surface area contributed by atoms with Crippen LogP contribution in [0, 0.1) is 13.8 Å². The zero-order chi connectivity index (χ0) is 23.5. The van der Waals surface area contributed by atoms with E-state index in [2.05, 4.69) is 5.32 Å². The van der Waals surface area contributed by atoms with Crippen molar-refractivity contribution in [2.45, 2.75) is 18.7 Å². The first-order chi connectivity index (χ1) is 15.9. The number of ether oxygens (including phenoxy) is 1. The molecule has 7 heteroatoms. The van der Waals surface area contributed by atoms with Crippen LogP contribution >= 0.6 is 11.8 Å². The number of nitrogens with one attached hydrogen (secondary N) is 1. The second-order valence-electron chi connectivity index (χ2n) is 7.54. The molecule has 0 saturated heterocycles. The summed E-state index contributed by atoms with van der Waals surface area (Å²) in [5.41, 5.74) is 3.73. The molecule has 3 aromatic carbocycles. The highest BCUT2D eigenvalue weighted by Gasteiger charge is 2.40. The lowest BCUT2D eigenvalue weighted by molar-refractivity contribution is -0.120. The number of para-hydroxylation sites is 1. The standard InChI is InChI=1S/C26H22N2O4S/c1-16-8-14-20(15-9-16)33-23-22(27-21-7-5-4-6-17(21)2)24(29)28(25(23)30)19-12-10-18(11-13-19)26(31)32-3/h4-15,27H,1-3H3. The maximum absolute atomic E-state index is 13.4. The summed E-state index contributed by atoms with van der Waals surface area (Å²) in [5, 5.41) is 3.18. The number of hydrogen-bond donors (Lipinski definition) is 1. The van der Waals surface area contributed by atoms with E-state index in [0.717, 1.165) is 26.6 Å². The molecule has 1 aliphatic rings. The molecule has 166 valence electrons. The number of carbonyl (C=O) groups excluding carboxylic acids is 3. The summed E-state index contributed by atoms with van der Waals surface area (Å²) < 4.78 is 4.72. The van der Waals surface area contributed by atoms with Gasteiger partial charge >= 0.3 is 5.97 Å². The number of hydrogen-bond acceptors (Lipinski definition) is 6. The smallest absolute Gasteiger partial charge is 0.337 e. The molecule has 0 spiro atoms. The molecule has 0 atom stereocenters. The summed E-state index contributed by atoms with van der Waals surface area (Å²) in [6.45, 7) is 3.92. The van der Waals surface area contributed by atoms with Crippen LogP contribution in [0.2, 0.25) is 0 Å². The number of carbonyl (C=O) groups is 3. The molecular weight excluding hydrogens is 436 g/mol. The van der Waals surface area contributed by atoms with E-state index >= 15 is 0 Å². The Bertz CT molecular complexity index is 1260. The quantitative estimate of drug-likeness (QED) is 0.410. The van der Waals surface area contributed by atoms with Gasteiger partial charge in [-0.3, -0.25) is 9.59 Å². The van der Waals surface area contributed by atoms with Crippen LogP contribution in [0.5, 0.6) is 0 Å². The SMILES string of the molecule is COC(=O)c1ccc(N2C(=O)C(Nc3ccccc3C)=C(Sc3ccc(C)cc3)C2=O)cc1. The van der Waals surface area contributed by atoms with Crippen LogP contribution in [-0.2, 0) is 14.3 Å². The van der Waals surface area contributed by atoms with Gasteiger partial charge in [-0.2, -0.15) is 0 Å².